The molecule has 0 spiro atoms. The molecule has 0 saturated heterocycles. The van der Waals surface area contributed by atoms with Crippen molar-refractivity contribution in [2.45, 2.75) is 18.9 Å². The highest BCUT2D eigenvalue weighted by Gasteiger charge is 2.12. The summed E-state index contributed by atoms with van der Waals surface area (Å²) in [6.45, 7) is 0. The summed E-state index contributed by atoms with van der Waals surface area (Å²) in [6.07, 6.45) is 2.81. The molecule has 1 atom stereocenters. The van der Waals surface area contributed by atoms with Crippen LogP contribution in [0.3, 0.4) is 0 Å². The summed E-state index contributed by atoms with van der Waals surface area (Å²) in [5, 5.41) is 3.25. The molecule has 0 radical (unpaired) electrons. The van der Waals surface area contributed by atoms with Crippen molar-refractivity contribution in [3.8, 4) is 0 Å². The molecular weight excluding hydrogens is 349 g/mol. The van der Waals surface area contributed by atoms with Crippen molar-refractivity contribution in [2.24, 2.45) is 0 Å². The Morgan fingerprint density at radius 3 is 2.53 bits per heavy atom. The van der Waals surface area contributed by atoms with Gasteiger partial charge in [-0.1, -0.05) is 18.2 Å². The minimum Gasteiger partial charge on any atom is -0.313 e. The van der Waals surface area contributed by atoms with E-state index >= 15 is 0 Å². The summed E-state index contributed by atoms with van der Waals surface area (Å²) >= 11 is 2.31. The van der Waals surface area contributed by atoms with Gasteiger partial charge in [-0.05, 0) is 54.1 Å². The first-order valence-corrected chi connectivity index (χ1v) is 8.67. The van der Waals surface area contributed by atoms with Crippen LogP contribution in [0.2, 0.25) is 0 Å². The standard InChI is InChI=1S/C12H18INO2S/c1-14-12(8-5-9-17(2,15)16)10-6-3-4-7-11(10)13/h3-4,6-7,12,14H,5,8-9H2,1-2H3. The Morgan fingerprint density at radius 2 is 2.00 bits per heavy atom. The van der Waals surface area contributed by atoms with E-state index in [4.69, 9.17) is 0 Å². The fourth-order valence-corrected chi connectivity index (χ4v) is 3.22. The van der Waals surface area contributed by atoms with Gasteiger partial charge >= 0.3 is 0 Å². The van der Waals surface area contributed by atoms with Crippen molar-refractivity contribution in [1.29, 1.82) is 0 Å². The summed E-state index contributed by atoms with van der Waals surface area (Å²) in [5.41, 5.74) is 1.24. The van der Waals surface area contributed by atoms with Crippen LogP contribution in [0.1, 0.15) is 24.4 Å². The molecule has 1 unspecified atom stereocenters. The topological polar surface area (TPSA) is 46.2 Å². The average molecular weight is 367 g/mol. The van der Waals surface area contributed by atoms with Crippen LogP contribution in [0, 0.1) is 3.57 Å². The zero-order valence-electron chi connectivity index (χ0n) is 10.1. The Labute approximate surface area is 117 Å². The average Bonchev–Trinajstić information content (AvgIpc) is 2.24. The number of sulfone groups is 1. The van der Waals surface area contributed by atoms with E-state index in [-0.39, 0.29) is 11.8 Å². The lowest BCUT2D eigenvalue weighted by molar-refractivity contribution is 0.534. The maximum atomic E-state index is 11.1. The smallest absolute Gasteiger partial charge is 0.147 e. The number of hydrogen-bond acceptors (Lipinski definition) is 3. The Bertz CT molecular complexity index is 459. The predicted molar refractivity (Wildman–Crippen MR) is 79.9 cm³/mol. The summed E-state index contributed by atoms with van der Waals surface area (Å²) in [5.74, 6) is 0.259. The fourth-order valence-electron chi connectivity index (χ4n) is 1.76. The zero-order chi connectivity index (χ0) is 12.9. The molecule has 5 heteroatoms. The third-order valence-corrected chi connectivity index (χ3v) is 4.65. The van der Waals surface area contributed by atoms with Gasteiger partial charge in [-0.2, -0.15) is 0 Å². The van der Waals surface area contributed by atoms with Crippen LogP contribution in [0.25, 0.3) is 0 Å². The molecular formula is C12H18INO2S. The molecule has 3 nitrogen and oxygen atoms in total. The molecule has 0 heterocycles. The molecule has 0 aliphatic carbocycles. The molecule has 0 saturated carbocycles. The van der Waals surface area contributed by atoms with Crippen molar-refractivity contribution in [1.82, 2.24) is 5.32 Å². The van der Waals surface area contributed by atoms with Gasteiger partial charge in [0.2, 0.25) is 0 Å². The van der Waals surface area contributed by atoms with E-state index in [1.165, 1.54) is 15.4 Å². The molecule has 0 aliphatic heterocycles. The Hall–Kier alpha value is -0.140. The maximum absolute atomic E-state index is 11.1. The van der Waals surface area contributed by atoms with Gasteiger partial charge < -0.3 is 5.32 Å². The van der Waals surface area contributed by atoms with E-state index in [2.05, 4.69) is 40.0 Å². The van der Waals surface area contributed by atoms with E-state index in [0.717, 1.165) is 6.42 Å². The first-order chi connectivity index (χ1) is 7.94. The molecule has 0 amide bonds. The van der Waals surface area contributed by atoms with Crippen LogP contribution < -0.4 is 5.32 Å². The number of hydrogen-bond donors (Lipinski definition) is 1. The zero-order valence-corrected chi connectivity index (χ0v) is 13.1. The van der Waals surface area contributed by atoms with Gasteiger partial charge in [-0.3, -0.25) is 0 Å². The third-order valence-electron chi connectivity index (χ3n) is 2.64. The molecule has 1 aromatic rings. The normalized spacial score (nSPS) is 13.6. The Balaban J connectivity index is 2.64. The second-order valence-electron chi connectivity index (χ2n) is 4.13. The van der Waals surface area contributed by atoms with Crippen molar-refractivity contribution >= 4 is 32.4 Å². The lowest BCUT2D eigenvalue weighted by Gasteiger charge is -2.17. The van der Waals surface area contributed by atoms with E-state index in [0.29, 0.717) is 6.42 Å². The highest BCUT2D eigenvalue weighted by atomic mass is 127. The molecule has 0 fully saturated rings. The Morgan fingerprint density at radius 1 is 1.35 bits per heavy atom. The summed E-state index contributed by atoms with van der Waals surface area (Å²) in [6, 6.07) is 8.40. The first kappa shape index (κ1) is 14.9. The van der Waals surface area contributed by atoms with Gasteiger partial charge in [0.25, 0.3) is 0 Å². The van der Waals surface area contributed by atoms with Crippen LogP contribution in [0.4, 0.5) is 0 Å². The van der Waals surface area contributed by atoms with Gasteiger partial charge in [-0.15, -0.1) is 0 Å². The second kappa shape index (κ2) is 6.70. The molecule has 1 rings (SSSR count). The second-order valence-corrected chi connectivity index (χ2v) is 7.56. The summed E-state index contributed by atoms with van der Waals surface area (Å²) < 4.78 is 23.4. The monoisotopic (exact) mass is 367 g/mol. The maximum Gasteiger partial charge on any atom is 0.147 e. The van der Waals surface area contributed by atoms with Crippen molar-refractivity contribution in [3.05, 3.63) is 33.4 Å². The molecule has 96 valence electrons. The van der Waals surface area contributed by atoms with Crippen molar-refractivity contribution in [3.63, 3.8) is 0 Å². The van der Waals surface area contributed by atoms with E-state index in [1.807, 2.05) is 19.2 Å². The van der Waals surface area contributed by atoms with Crippen LogP contribution in [-0.2, 0) is 9.84 Å². The largest absolute Gasteiger partial charge is 0.313 e. The quantitative estimate of drug-likeness (QED) is 0.786. The van der Waals surface area contributed by atoms with Gasteiger partial charge in [0.1, 0.15) is 9.84 Å². The molecule has 17 heavy (non-hydrogen) atoms. The van der Waals surface area contributed by atoms with E-state index in [9.17, 15) is 8.42 Å². The Kier molecular flexibility index (Phi) is 5.88. The minimum absolute atomic E-state index is 0.227. The third kappa shape index (κ3) is 5.35. The fraction of sp³-hybridized carbons (Fsp3) is 0.500. The number of rotatable bonds is 6. The number of benzene rings is 1. The van der Waals surface area contributed by atoms with Crippen molar-refractivity contribution < 1.29 is 8.42 Å². The van der Waals surface area contributed by atoms with Crippen LogP contribution in [-0.4, -0.2) is 27.5 Å². The molecule has 0 aromatic heterocycles. The molecule has 0 bridgehead atoms. The molecule has 1 aromatic carbocycles. The summed E-state index contributed by atoms with van der Waals surface area (Å²) in [7, 11) is -0.939. The first-order valence-electron chi connectivity index (χ1n) is 5.53. The predicted octanol–water partition coefficient (Wildman–Crippen LogP) is 2.38. The lowest BCUT2D eigenvalue weighted by Crippen LogP contribution is -2.18. The number of nitrogens with one attached hydrogen (secondary N) is 1. The van der Waals surface area contributed by atoms with Crippen molar-refractivity contribution in [2.75, 3.05) is 19.1 Å². The van der Waals surface area contributed by atoms with Crippen LogP contribution >= 0.6 is 22.6 Å². The van der Waals surface area contributed by atoms with E-state index < -0.39 is 9.84 Å². The highest BCUT2D eigenvalue weighted by Crippen LogP contribution is 2.23. The van der Waals surface area contributed by atoms with Crippen LogP contribution in [0.15, 0.2) is 24.3 Å². The van der Waals surface area contributed by atoms with Gasteiger partial charge in [0.05, 0.1) is 0 Å². The van der Waals surface area contributed by atoms with Gasteiger partial charge in [0.15, 0.2) is 0 Å². The summed E-state index contributed by atoms with van der Waals surface area (Å²) in [4.78, 5) is 0. The lowest BCUT2D eigenvalue weighted by atomic mass is 10.0. The van der Waals surface area contributed by atoms with Gasteiger partial charge in [-0.25, -0.2) is 8.42 Å². The molecule has 0 aliphatic rings. The van der Waals surface area contributed by atoms with E-state index in [1.54, 1.807) is 0 Å². The van der Waals surface area contributed by atoms with Crippen LogP contribution in [0.5, 0.6) is 0 Å². The molecule has 1 N–H and O–H groups in total. The minimum atomic E-state index is -2.85. The highest BCUT2D eigenvalue weighted by molar-refractivity contribution is 14.1. The van der Waals surface area contributed by atoms with Gasteiger partial charge in [0, 0.05) is 21.6 Å². The SMILES string of the molecule is CNC(CCCS(C)(=O)=O)c1ccccc1I. The number of halogens is 1.